The van der Waals surface area contributed by atoms with Crippen LogP contribution in [0.4, 0.5) is 18.9 Å². The van der Waals surface area contributed by atoms with E-state index in [-0.39, 0.29) is 17.2 Å². The van der Waals surface area contributed by atoms with Gasteiger partial charge in [0, 0.05) is 6.07 Å². The summed E-state index contributed by atoms with van der Waals surface area (Å²) in [7, 11) is 3.48. The molecule has 2 N–H and O–H groups in total. The van der Waals surface area contributed by atoms with E-state index < -0.39 is 29.3 Å². The lowest BCUT2D eigenvalue weighted by atomic mass is 10.1. The third-order valence-corrected chi connectivity index (χ3v) is 2.55. The van der Waals surface area contributed by atoms with Gasteiger partial charge in [-0.15, -0.1) is 0 Å². The Morgan fingerprint density at radius 2 is 1.64 bits per heavy atom. The van der Waals surface area contributed by atoms with Gasteiger partial charge in [0.15, 0.2) is 11.5 Å². The molecule has 0 aliphatic carbocycles. The number of amides is 1. The van der Waals surface area contributed by atoms with Gasteiger partial charge in [0.25, 0.3) is 0 Å². The second kappa shape index (κ2) is 6.41. The van der Waals surface area contributed by atoms with Crippen molar-refractivity contribution in [1.82, 2.24) is 0 Å². The molecule has 0 aromatic heterocycles. The Hall–Kier alpha value is -2.65. The second-order valence-electron chi connectivity index (χ2n) is 3.82. The van der Waals surface area contributed by atoms with Crippen molar-refractivity contribution >= 4 is 17.6 Å². The quantitative estimate of drug-likeness (QED) is 0.860. The molecule has 22 heavy (non-hydrogen) atoms. The third-order valence-electron chi connectivity index (χ3n) is 2.55. The number of hydrogen-bond acceptors (Lipinski definition) is 5. The number of carbonyl (C=O) groups excluding carboxylic acids is 1. The maximum atomic E-state index is 12.3. The number of hydrogen-bond donors (Lipinski definition) is 2. The van der Waals surface area contributed by atoms with E-state index in [0.29, 0.717) is 0 Å². The lowest BCUT2D eigenvalue weighted by Crippen LogP contribution is -2.30. The van der Waals surface area contributed by atoms with Gasteiger partial charge in [-0.2, -0.15) is 13.2 Å². The molecular formula is C12H12F3NO6. The molecule has 0 saturated carbocycles. The van der Waals surface area contributed by atoms with E-state index >= 15 is 0 Å². The van der Waals surface area contributed by atoms with Gasteiger partial charge in [-0.3, -0.25) is 4.79 Å². The lowest BCUT2D eigenvalue weighted by molar-refractivity contribution is -0.167. The Kier molecular flexibility index (Phi) is 5.07. The number of rotatable bonds is 5. The van der Waals surface area contributed by atoms with Crippen molar-refractivity contribution in [3.8, 4) is 17.2 Å². The Morgan fingerprint density at radius 1 is 1.09 bits per heavy atom. The van der Waals surface area contributed by atoms with E-state index in [9.17, 15) is 22.8 Å². The van der Waals surface area contributed by atoms with Crippen molar-refractivity contribution in [2.75, 3.05) is 26.6 Å². The summed E-state index contributed by atoms with van der Waals surface area (Å²) in [6.45, 7) is 0. The van der Waals surface area contributed by atoms with E-state index in [4.69, 9.17) is 19.3 Å². The number of carboxylic acid groups (broad SMARTS) is 1. The van der Waals surface area contributed by atoms with Crippen LogP contribution in [-0.4, -0.2) is 44.5 Å². The third kappa shape index (κ3) is 3.32. The van der Waals surface area contributed by atoms with Crippen molar-refractivity contribution in [3.63, 3.8) is 0 Å². The topological polar surface area (TPSA) is 94.1 Å². The first-order valence-corrected chi connectivity index (χ1v) is 5.61. The smallest absolute Gasteiger partial charge is 0.471 e. The van der Waals surface area contributed by atoms with Crippen LogP contribution in [0.2, 0.25) is 0 Å². The zero-order chi connectivity index (χ0) is 17.1. The Morgan fingerprint density at radius 3 is 2.00 bits per heavy atom. The van der Waals surface area contributed by atoms with Crippen LogP contribution in [0.15, 0.2) is 6.07 Å². The van der Waals surface area contributed by atoms with Gasteiger partial charge in [0.05, 0.1) is 27.0 Å². The molecule has 0 spiro atoms. The van der Waals surface area contributed by atoms with Crippen LogP contribution in [0, 0.1) is 0 Å². The average Bonchev–Trinajstić information content (AvgIpc) is 2.43. The molecule has 1 rings (SSSR count). The molecule has 0 unspecified atom stereocenters. The number of benzene rings is 1. The van der Waals surface area contributed by atoms with Crippen LogP contribution in [0.25, 0.3) is 0 Å². The Labute approximate surface area is 122 Å². The van der Waals surface area contributed by atoms with Gasteiger partial charge in [0.1, 0.15) is 5.56 Å². The number of ether oxygens (including phenoxy) is 3. The highest BCUT2D eigenvalue weighted by atomic mass is 19.4. The van der Waals surface area contributed by atoms with E-state index in [2.05, 4.69) is 0 Å². The highest BCUT2D eigenvalue weighted by Gasteiger charge is 2.40. The van der Waals surface area contributed by atoms with E-state index in [1.165, 1.54) is 19.5 Å². The molecule has 1 aromatic rings. The minimum Gasteiger partial charge on any atom is -0.493 e. The summed E-state index contributed by atoms with van der Waals surface area (Å²) in [5.74, 6) is -4.57. The number of anilines is 1. The largest absolute Gasteiger partial charge is 0.493 e. The Balaban J connectivity index is 3.55. The van der Waals surface area contributed by atoms with Crippen molar-refractivity contribution in [1.29, 1.82) is 0 Å². The molecular weight excluding hydrogens is 311 g/mol. The molecule has 1 amide bonds. The summed E-state index contributed by atoms with van der Waals surface area (Å²) in [5.41, 5.74) is -1.33. The van der Waals surface area contributed by atoms with Crippen molar-refractivity contribution in [2.24, 2.45) is 0 Å². The van der Waals surface area contributed by atoms with Gasteiger partial charge in [-0.1, -0.05) is 0 Å². The highest BCUT2D eigenvalue weighted by Crippen LogP contribution is 2.44. The van der Waals surface area contributed by atoms with Gasteiger partial charge < -0.3 is 24.6 Å². The molecule has 0 atom stereocenters. The number of methoxy groups -OCH3 is 3. The fourth-order valence-electron chi connectivity index (χ4n) is 1.66. The average molecular weight is 323 g/mol. The van der Waals surface area contributed by atoms with Crippen molar-refractivity contribution in [3.05, 3.63) is 11.6 Å². The van der Waals surface area contributed by atoms with Gasteiger partial charge in [-0.25, -0.2) is 4.79 Å². The summed E-state index contributed by atoms with van der Waals surface area (Å²) in [6.07, 6.45) is -5.18. The molecule has 0 heterocycles. The summed E-state index contributed by atoms with van der Waals surface area (Å²) >= 11 is 0. The molecule has 0 aliphatic rings. The van der Waals surface area contributed by atoms with Gasteiger partial charge >= 0.3 is 18.1 Å². The van der Waals surface area contributed by atoms with E-state index in [1.807, 2.05) is 0 Å². The summed E-state index contributed by atoms with van der Waals surface area (Å²) in [6, 6.07) is 0.897. The molecule has 0 radical (unpaired) electrons. The number of nitrogens with one attached hydrogen (secondary N) is 1. The van der Waals surface area contributed by atoms with Crippen LogP contribution in [0.1, 0.15) is 10.4 Å². The molecule has 0 aliphatic heterocycles. The van der Waals surface area contributed by atoms with Gasteiger partial charge in [0.2, 0.25) is 5.75 Å². The molecule has 0 saturated heterocycles. The number of aromatic carboxylic acids is 1. The lowest BCUT2D eigenvalue weighted by Gasteiger charge is -2.18. The van der Waals surface area contributed by atoms with E-state index in [1.54, 1.807) is 0 Å². The number of carboxylic acids is 1. The van der Waals surface area contributed by atoms with Crippen LogP contribution >= 0.6 is 0 Å². The SMILES string of the molecule is COc1cc(NC(=O)C(F)(F)F)c(C(=O)O)c(OC)c1OC. The van der Waals surface area contributed by atoms with Crippen molar-refractivity contribution in [2.45, 2.75) is 6.18 Å². The predicted molar refractivity (Wildman–Crippen MR) is 67.7 cm³/mol. The normalized spacial score (nSPS) is 10.8. The van der Waals surface area contributed by atoms with Crippen LogP contribution < -0.4 is 19.5 Å². The number of halogens is 3. The number of carbonyl (C=O) groups is 2. The summed E-state index contributed by atoms with van der Waals surface area (Å²) in [5, 5.41) is 10.6. The molecule has 122 valence electrons. The zero-order valence-electron chi connectivity index (χ0n) is 11.7. The van der Waals surface area contributed by atoms with Crippen LogP contribution in [-0.2, 0) is 4.79 Å². The summed E-state index contributed by atoms with van der Waals surface area (Å²) < 4.78 is 51.7. The molecule has 1 aromatic carbocycles. The monoisotopic (exact) mass is 323 g/mol. The molecule has 0 bridgehead atoms. The highest BCUT2D eigenvalue weighted by molar-refractivity contribution is 6.05. The van der Waals surface area contributed by atoms with Gasteiger partial charge in [-0.05, 0) is 0 Å². The summed E-state index contributed by atoms with van der Waals surface area (Å²) in [4.78, 5) is 22.3. The van der Waals surface area contributed by atoms with Crippen LogP contribution in [0.3, 0.4) is 0 Å². The zero-order valence-corrected chi connectivity index (χ0v) is 11.7. The minimum atomic E-state index is -5.18. The fourth-order valence-corrected chi connectivity index (χ4v) is 1.66. The first-order chi connectivity index (χ1) is 10.2. The maximum absolute atomic E-state index is 12.3. The second-order valence-corrected chi connectivity index (χ2v) is 3.82. The maximum Gasteiger partial charge on any atom is 0.471 e. The molecule has 0 fully saturated rings. The first-order valence-electron chi connectivity index (χ1n) is 5.61. The number of alkyl halides is 3. The molecule has 10 heteroatoms. The van der Waals surface area contributed by atoms with Crippen LogP contribution in [0.5, 0.6) is 17.2 Å². The van der Waals surface area contributed by atoms with E-state index in [0.717, 1.165) is 13.2 Å². The predicted octanol–water partition coefficient (Wildman–Crippen LogP) is 1.91. The first kappa shape index (κ1) is 17.4. The molecule has 7 nitrogen and oxygen atoms in total. The standard InChI is InChI=1S/C12H12F3NO6/c1-20-6-4-5(16-11(19)12(13,14)15)7(10(17)18)9(22-3)8(6)21-2/h4H,1-3H3,(H,16,19)(H,17,18). The fraction of sp³-hybridized carbons (Fsp3) is 0.333. The Bertz CT molecular complexity index is 600. The van der Waals surface area contributed by atoms with Crippen molar-refractivity contribution < 1.29 is 42.1 Å². The minimum absolute atomic E-state index is 0.109.